The Morgan fingerprint density at radius 2 is 1.31 bits per heavy atom. The van der Waals surface area contributed by atoms with Gasteiger partial charge >= 0.3 is 0 Å². The maximum Gasteiger partial charge on any atom is 0.0678 e. The lowest BCUT2D eigenvalue weighted by Gasteiger charge is -2.42. The smallest absolute Gasteiger partial charge is 0.0678 e. The zero-order valence-corrected chi connectivity index (χ0v) is 19.4. The summed E-state index contributed by atoms with van der Waals surface area (Å²) in [5.74, 6) is 0. The van der Waals surface area contributed by atoms with Crippen molar-refractivity contribution in [2.75, 3.05) is 19.8 Å². The van der Waals surface area contributed by atoms with Gasteiger partial charge in [-0.25, -0.2) is 0 Å². The highest BCUT2D eigenvalue weighted by molar-refractivity contribution is 4.89. The molecule has 0 aliphatic rings. The summed E-state index contributed by atoms with van der Waals surface area (Å²) < 4.78 is 18.1. The molecule has 0 unspecified atom stereocenters. The molecule has 3 nitrogen and oxygen atoms in total. The van der Waals surface area contributed by atoms with E-state index in [1.165, 1.54) is 0 Å². The fourth-order valence-electron chi connectivity index (χ4n) is 2.48. The van der Waals surface area contributed by atoms with E-state index in [9.17, 15) is 0 Å². The lowest BCUT2D eigenvalue weighted by Crippen LogP contribution is -2.43. The third-order valence-corrected chi connectivity index (χ3v) is 5.24. The van der Waals surface area contributed by atoms with Crippen LogP contribution in [0.1, 0.15) is 94.9 Å². The van der Waals surface area contributed by atoms with Crippen LogP contribution in [0.2, 0.25) is 0 Å². The van der Waals surface area contributed by atoms with Crippen molar-refractivity contribution >= 4 is 0 Å². The second kappa shape index (κ2) is 10.2. The minimum absolute atomic E-state index is 0.0577. The Hall–Kier alpha value is -0.380. The van der Waals surface area contributed by atoms with Crippen LogP contribution in [0.4, 0.5) is 0 Å². The summed E-state index contributed by atoms with van der Waals surface area (Å²) in [6, 6.07) is 0. The van der Waals surface area contributed by atoms with Crippen LogP contribution in [0.3, 0.4) is 0 Å². The zero-order valence-electron chi connectivity index (χ0n) is 19.4. The van der Waals surface area contributed by atoms with Crippen LogP contribution in [0.5, 0.6) is 0 Å². The molecule has 0 aliphatic heterocycles. The van der Waals surface area contributed by atoms with Gasteiger partial charge in [0.15, 0.2) is 0 Å². The van der Waals surface area contributed by atoms with Crippen LogP contribution in [-0.2, 0) is 14.2 Å². The molecule has 0 aromatic carbocycles. The third kappa shape index (κ3) is 11.4. The summed E-state index contributed by atoms with van der Waals surface area (Å²) in [6.45, 7) is 27.6. The summed E-state index contributed by atoms with van der Waals surface area (Å²) in [5, 5.41) is 0. The van der Waals surface area contributed by atoms with E-state index >= 15 is 0 Å². The Labute approximate surface area is 163 Å². The highest BCUT2D eigenvalue weighted by atomic mass is 16.5. The molecule has 3 heteroatoms. The average molecular weight is 371 g/mol. The van der Waals surface area contributed by atoms with Crippen molar-refractivity contribution in [2.24, 2.45) is 5.41 Å². The average Bonchev–Trinajstić information content (AvgIpc) is 2.43. The molecule has 156 valence electrons. The van der Waals surface area contributed by atoms with Gasteiger partial charge in [-0.05, 0) is 86.5 Å². The van der Waals surface area contributed by atoms with Gasteiger partial charge in [-0.15, -0.1) is 0 Å². The Kier molecular flexibility index (Phi) is 10.1. The molecule has 0 aromatic heterocycles. The maximum absolute atomic E-state index is 6.28. The molecule has 0 N–H and O–H groups in total. The highest BCUT2D eigenvalue weighted by Crippen LogP contribution is 2.37. The van der Waals surface area contributed by atoms with Crippen LogP contribution >= 0.6 is 0 Å². The molecule has 0 aliphatic carbocycles. The minimum Gasteiger partial charge on any atom is -0.376 e. The molecule has 0 fully saturated rings. The summed E-state index contributed by atoms with van der Waals surface area (Å²) in [4.78, 5) is 0. The van der Waals surface area contributed by atoms with Crippen LogP contribution in [-0.4, -0.2) is 36.6 Å². The lowest BCUT2D eigenvalue weighted by molar-refractivity contribution is -0.116. The largest absolute Gasteiger partial charge is 0.376 e. The Bertz CT molecular complexity index is 414. The van der Waals surface area contributed by atoms with Gasteiger partial charge in [-0.2, -0.15) is 0 Å². The fourth-order valence-corrected chi connectivity index (χ4v) is 2.48. The number of ether oxygens (including phenoxy) is 3. The molecule has 26 heavy (non-hydrogen) atoms. The topological polar surface area (TPSA) is 27.7 Å². The second-order valence-electron chi connectivity index (χ2n) is 10.4. The molecule has 0 bridgehead atoms. The van der Waals surface area contributed by atoms with Crippen molar-refractivity contribution in [3.63, 3.8) is 0 Å². The SMILES string of the molecule is C=C(C)COC(C)(C)CCCCOC(C)(C)C(C)(C)CCOC(C)(C)C. The summed E-state index contributed by atoms with van der Waals surface area (Å²) in [7, 11) is 0. The number of hydrogen-bond acceptors (Lipinski definition) is 3. The van der Waals surface area contributed by atoms with E-state index in [1.54, 1.807) is 0 Å². The first-order valence-electron chi connectivity index (χ1n) is 10.1. The van der Waals surface area contributed by atoms with Crippen molar-refractivity contribution in [1.29, 1.82) is 0 Å². The van der Waals surface area contributed by atoms with Crippen LogP contribution in [0, 0.1) is 5.41 Å². The number of unbranched alkanes of at least 4 members (excludes halogenated alkanes) is 1. The Morgan fingerprint density at radius 3 is 1.81 bits per heavy atom. The molecule has 0 radical (unpaired) electrons. The van der Waals surface area contributed by atoms with E-state index in [-0.39, 0.29) is 22.2 Å². The van der Waals surface area contributed by atoms with Gasteiger partial charge in [0.05, 0.1) is 23.4 Å². The first kappa shape index (κ1) is 25.6. The number of rotatable bonds is 13. The summed E-state index contributed by atoms with van der Waals surface area (Å²) in [6.07, 6.45) is 4.18. The van der Waals surface area contributed by atoms with Crippen LogP contribution in [0.15, 0.2) is 12.2 Å². The van der Waals surface area contributed by atoms with Gasteiger partial charge < -0.3 is 14.2 Å². The van der Waals surface area contributed by atoms with Crippen molar-refractivity contribution in [3.05, 3.63) is 12.2 Å². The monoisotopic (exact) mass is 370 g/mol. The molecular formula is C23H46O3. The van der Waals surface area contributed by atoms with Gasteiger partial charge in [0.1, 0.15) is 0 Å². The molecule has 0 rings (SSSR count). The minimum atomic E-state index is -0.180. The third-order valence-electron chi connectivity index (χ3n) is 5.24. The summed E-state index contributed by atoms with van der Waals surface area (Å²) in [5.41, 5.74) is 0.765. The van der Waals surface area contributed by atoms with Crippen molar-refractivity contribution < 1.29 is 14.2 Å². The first-order chi connectivity index (χ1) is 11.6. The Morgan fingerprint density at radius 1 is 0.731 bits per heavy atom. The molecule has 0 saturated heterocycles. The van der Waals surface area contributed by atoms with Gasteiger partial charge in [-0.1, -0.05) is 26.0 Å². The fraction of sp³-hybridized carbons (Fsp3) is 0.913. The predicted octanol–water partition coefficient (Wildman–Crippen LogP) is 6.55. The standard InChI is InChI=1S/C23H46O3/c1-19(2)18-26-22(8,9)14-12-13-16-25-23(10,11)21(6,7)15-17-24-20(3,4)5/h1,12-18H2,2-11H3. The first-order valence-corrected chi connectivity index (χ1v) is 10.1. The highest BCUT2D eigenvalue weighted by Gasteiger charge is 2.37. The molecule has 0 saturated carbocycles. The van der Waals surface area contributed by atoms with Crippen LogP contribution in [0.25, 0.3) is 0 Å². The van der Waals surface area contributed by atoms with Gasteiger partial charge in [0, 0.05) is 13.2 Å². The zero-order chi connectivity index (χ0) is 20.6. The molecule has 0 amide bonds. The van der Waals surface area contributed by atoms with Gasteiger partial charge in [0.2, 0.25) is 0 Å². The van der Waals surface area contributed by atoms with Crippen molar-refractivity contribution in [2.45, 2.75) is 112 Å². The lowest BCUT2D eigenvalue weighted by atomic mass is 9.74. The maximum atomic E-state index is 6.28. The van der Waals surface area contributed by atoms with Crippen molar-refractivity contribution in [1.82, 2.24) is 0 Å². The quantitative estimate of drug-likeness (QED) is 0.271. The van der Waals surface area contributed by atoms with Gasteiger partial charge in [-0.3, -0.25) is 0 Å². The predicted molar refractivity (Wildman–Crippen MR) is 113 cm³/mol. The van der Waals surface area contributed by atoms with E-state index in [0.717, 1.165) is 44.5 Å². The molecule has 0 aromatic rings. The van der Waals surface area contributed by atoms with Gasteiger partial charge in [0.25, 0.3) is 0 Å². The molecule has 0 atom stereocenters. The van der Waals surface area contributed by atoms with E-state index in [4.69, 9.17) is 14.2 Å². The van der Waals surface area contributed by atoms with Crippen molar-refractivity contribution in [3.8, 4) is 0 Å². The Balaban J connectivity index is 4.20. The van der Waals surface area contributed by atoms with Crippen LogP contribution < -0.4 is 0 Å². The molecular weight excluding hydrogens is 324 g/mol. The second-order valence-corrected chi connectivity index (χ2v) is 10.4. The normalized spacial score (nSPS) is 13.9. The number of hydrogen-bond donors (Lipinski definition) is 0. The van der Waals surface area contributed by atoms with E-state index in [1.807, 2.05) is 6.92 Å². The summed E-state index contributed by atoms with van der Waals surface area (Å²) >= 11 is 0. The van der Waals surface area contributed by atoms with E-state index < -0.39 is 0 Å². The molecule has 0 spiro atoms. The van der Waals surface area contributed by atoms with E-state index in [2.05, 4.69) is 68.9 Å². The molecule has 0 heterocycles. The van der Waals surface area contributed by atoms with E-state index in [0.29, 0.717) is 6.61 Å².